The van der Waals surface area contributed by atoms with Gasteiger partial charge < -0.3 is 5.11 Å². The van der Waals surface area contributed by atoms with Crippen molar-refractivity contribution in [2.24, 2.45) is 0 Å². The first kappa shape index (κ1) is 14.1. The van der Waals surface area contributed by atoms with E-state index in [-0.39, 0.29) is 5.56 Å². The van der Waals surface area contributed by atoms with Gasteiger partial charge in [0.2, 0.25) is 0 Å². The first-order chi connectivity index (χ1) is 11.7. The number of imidazole rings is 1. The number of fused-ring (bicyclic) bond motifs is 1. The monoisotopic (exact) mass is 315 g/mol. The minimum absolute atomic E-state index is 0.248. The summed E-state index contributed by atoms with van der Waals surface area (Å²) < 4.78 is 1.94. The summed E-state index contributed by atoms with van der Waals surface area (Å²) >= 11 is 0. The van der Waals surface area contributed by atoms with Crippen molar-refractivity contribution in [1.82, 2.24) is 14.5 Å². The molecule has 5 nitrogen and oxygen atoms in total. The van der Waals surface area contributed by atoms with Crippen LogP contribution in [0.25, 0.3) is 28.2 Å². The van der Waals surface area contributed by atoms with Crippen LogP contribution in [0.2, 0.25) is 0 Å². The first-order valence-corrected chi connectivity index (χ1v) is 7.46. The van der Waals surface area contributed by atoms with E-state index in [1.54, 1.807) is 30.5 Å². The Morgan fingerprint density at radius 1 is 0.917 bits per heavy atom. The molecule has 0 aliphatic rings. The summed E-state index contributed by atoms with van der Waals surface area (Å²) in [6.07, 6.45) is 1.72. The van der Waals surface area contributed by atoms with Crippen LogP contribution in [0, 0.1) is 0 Å². The molecule has 0 bridgehead atoms. The van der Waals surface area contributed by atoms with E-state index in [1.807, 2.05) is 47.0 Å². The van der Waals surface area contributed by atoms with E-state index in [0.717, 1.165) is 28.2 Å². The van der Waals surface area contributed by atoms with E-state index in [2.05, 4.69) is 4.98 Å². The Hall–Kier alpha value is -3.47. The van der Waals surface area contributed by atoms with Crippen molar-refractivity contribution >= 4 is 17.1 Å². The fourth-order valence-electron chi connectivity index (χ4n) is 2.69. The van der Waals surface area contributed by atoms with Gasteiger partial charge in [-0.3, -0.25) is 4.57 Å². The predicted molar refractivity (Wildman–Crippen MR) is 91.3 cm³/mol. The molecule has 2 aromatic carbocycles. The normalized spacial score (nSPS) is 10.8. The average molecular weight is 315 g/mol. The smallest absolute Gasteiger partial charge is 0.335 e. The highest BCUT2D eigenvalue weighted by atomic mass is 16.4. The van der Waals surface area contributed by atoms with Gasteiger partial charge in [0.05, 0.1) is 5.56 Å². The maximum Gasteiger partial charge on any atom is 0.335 e. The van der Waals surface area contributed by atoms with Crippen molar-refractivity contribution in [3.05, 3.63) is 78.5 Å². The summed E-state index contributed by atoms with van der Waals surface area (Å²) in [7, 11) is 0. The lowest BCUT2D eigenvalue weighted by Gasteiger charge is -2.09. The minimum Gasteiger partial charge on any atom is -0.478 e. The summed E-state index contributed by atoms with van der Waals surface area (Å²) in [6, 6.07) is 20.3. The molecule has 0 unspecified atom stereocenters. The van der Waals surface area contributed by atoms with Crippen LogP contribution in [0.5, 0.6) is 0 Å². The van der Waals surface area contributed by atoms with E-state index in [9.17, 15) is 4.79 Å². The van der Waals surface area contributed by atoms with Gasteiger partial charge >= 0.3 is 5.97 Å². The number of rotatable bonds is 3. The molecule has 24 heavy (non-hydrogen) atoms. The molecule has 0 spiro atoms. The third-order valence-corrected chi connectivity index (χ3v) is 3.82. The van der Waals surface area contributed by atoms with E-state index in [1.165, 1.54) is 0 Å². The fourth-order valence-corrected chi connectivity index (χ4v) is 2.69. The van der Waals surface area contributed by atoms with Gasteiger partial charge in [0, 0.05) is 17.4 Å². The van der Waals surface area contributed by atoms with Crippen LogP contribution in [0.15, 0.2) is 72.9 Å². The molecule has 0 saturated heterocycles. The van der Waals surface area contributed by atoms with Crippen LogP contribution in [0.1, 0.15) is 10.4 Å². The highest BCUT2D eigenvalue weighted by Gasteiger charge is 2.15. The molecule has 2 heterocycles. The van der Waals surface area contributed by atoms with Crippen LogP contribution in [-0.2, 0) is 0 Å². The second-order valence-electron chi connectivity index (χ2n) is 5.34. The number of carboxylic acid groups (broad SMARTS) is 1. The number of hydrogen-bond acceptors (Lipinski definition) is 3. The van der Waals surface area contributed by atoms with Crippen molar-refractivity contribution < 1.29 is 9.90 Å². The highest BCUT2D eigenvalue weighted by molar-refractivity contribution is 5.88. The van der Waals surface area contributed by atoms with Gasteiger partial charge in [0.15, 0.2) is 5.65 Å². The van der Waals surface area contributed by atoms with Gasteiger partial charge in [0.1, 0.15) is 11.3 Å². The topological polar surface area (TPSA) is 68.0 Å². The lowest BCUT2D eigenvalue weighted by Crippen LogP contribution is -2.01. The second-order valence-corrected chi connectivity index (χ2v) is 5.34. The molecule has 0 radical (unpaired) electrons. The van der Waals surface area contributed by atoms with Gasteiger partial charge in [-0.15, -0.1) is 0 Å². The predicted octanol–water partition coefficient (Wildman–Crippen LogP) is 3.79. The largest absolute Gasteiger partial charge is 0.478 e. The fraction of sp³-hybridized carbons (Fsp3) is 0. The Morgan fingerprint density at radius 2 is 1.67 bits per heavy atom. The lowest BCUT2D eigenvalue weighted by atomic mass is 10.2. The maximum absolute atomic E-state index is 11.1. The van der Waals surface area contributed by atoms with E-state index < -0.39 is 5.97 Å². The van der Waals surface area contributed by atoms with E-state index in [0.29, 0.717) is 0 Å². The highest BCUT2D eigenvalue weighted by Crippen LogP contribution is 2.27. The third-order valence-electron chi connectivity index (χ3n) is 3.82. The van der Waals surface area contributed by atoms with E-state index >= 15 is 0 Å². The number of carboxylic acids is 1. The molecule has 0 amide bonds. The van der Waals surface area contributed by atoms with Gasteiger partial charge in [-0.25, -0.2) is 14.8 Å². The molecule has 2 aromatic heterocycles. The van der Waals surface area contributed by atoms with Crippen LogP contribution >= 0.6 is 0 Å². The molecule has 0 aliphatic heterocycles. The number of hydrogen-bond donors (Lipinski definition) is 1. The Morgan fingerprint density at radius 3 is 2.38 bits per heavy atom. The lowest BCUT2D eigenvalue weighted by molar-refractivity contribution is 0.0697. The number of benzene rings is 2. The summed E-state index contributed by atoms with van der Waals surface area (Å²) in [5.74, 6) is -0.175. The molecule has 5 heteroatoms. The van der Waals surface area contributed by atoms with Crippen LogP contribution in [0.3, 0.4) is 0 Å². The number of aromatic carboxylic acids is 1. The molecule has 0 atom stereocenters. The van der Waals surface area contributed by atoms with Crippen LogP contribution in [0.4, 0.5) is 0 Å². The summed E-state index contributed by atoms with van der Waals surface area (Å²) in [5.41, 5.74) is 3.56. The van der Waals surface area contributed by atoms with Crippen LogP contribution in [-0.4, -0.2) is 25.6 Å². The zero-order valence-corrected chi connectivity index (χ0v) is 12.6. The standard InChI is InChI=1S/C19H13N3O2/c23-19(24)14-8-10-15(11-9-14)22-17(13-5-2-1-3-6-13)21-16-7-4-12-20-18(16)22/h1-12H,(H,23,24). The second kappa shape index (κ2) is 5.62. The first-order valence-electron chi connectivity index (χ1n) is 7.46. The van der Waals surface area contributed by atoms with Crippen molar-refractivity contribution in [3.8, 4) is 17.1 Å². The van der Waals surface area contributed by atoms with Crippen molar-refractivity contribution in [2.45, 2.75) is 0 Å². The SMILES string of the molecule is O=C(O)c1ccc(-n2c(-c3ccccc3)nc3cccnc32)cc1. The number of carbonyl (C=O) groups is 1. The van der Waals surface area contributed by atoms with Crippen molar-refractivity contribution in [1.29, 1.82) is 0 Å². The van der Waals surface area contributed by atoms with Crippen molar-refractivity contribution in [3.63, 3.8) is 0 Å². The molecule has 0 saturated carbocycles. The molecule has 0 fully saturated rings. The molecular formula is C19H13N3O2. The van der Waals surface area contributed by atoms with Gasteiger partial charge in [-0.2, -0.15) is 0 Å². The van der Waals surface area contributed by atoms with E-state index in [4.69, 9.17) is 10.1 Å². The van der Waals surface area contributed by atoms with Gasteiger partial charge in [-0.05, 0) is 36.4 Å². The Labute approximate surface area is 137 Å². The average Bonchev–Trinajstić information content (AvgIpc) is 3.02. The number of nitrogens with zero attached hydrogens (tertiary/aromatic N) is 3. The Balaban J connectivity index is 1.97. The number of pyridine rings is 1. The summed E-state index contributed by atoms with van der Waals surface area (Å²) in [5, 5.41) is 9.08. The van der Waals surface area contributed by atoms with Crippen molar-refractivity contribution in [2.75, 3.05) is 0 Å². The molecule has 1 N–H and O–H groups in total. The maximum atomic E-state index is 11.1. The quantitative estimate of drug-likeness (QED) is 0.624. The third kappa shape index (κ3) is 2.32. The molecule has 0 aliphatic carbocycles. The van der Waals surface area contributed by atoms with Crippen LogP contribution < -0.4 is 0 Å². The van der Waals surface area contributed by atoms with Gasteiger partial charge in [-0.1, -0.05) is 30.3 Å². The van der Waals surface area contributed by atoms with Gasteiger partial charge in [0.25, 0.3) is 0 Å². The molecular weight excluding hydrogens is 302 g/mol. The zero-order valence-electron chi connectivity index (χ0n) is 12.6. The number of aromatic nitrogens is 3. The Bertz CT molecular complexity index is 1020. The zero-order chi connectivity index (χ0) is 16.5. The summed E-state index contributed by atoms with van der Waals surface area (Å²) in [6.45, 7) is 0. The Kier molecular flexibility index (Phi) is 3.31. The molecule has 116 valence electrons. The minimum atomic E-state index is -0.946. The summed E-state index contributed by atoms with van der Waals surface area (Å²) in [4.78, 5) is 20.2. The molecule has 4 rings (SSSR count). The molecule has 4 aromatic rings.